The molecule has 1 fully saturated rings. The molecule has 1 saturated heterocycles. The first-order chi connectivity index (χ1) is 8.74. The Morgan fingerprint density at radius 1 is 1.61 bits per heavy atom. The topological polar surface area (TPSA) is 42.4 Å². The number of methoxy groups -OCH3 is 1. The molecule has 1 aliphatic heterocycles. The summed E-state index contributed by atoms with van der Waals surface area (Å²) in [5.41, 5.74) is 0.571. The highest BCUT2D eigenvalue weighted by Gasteiger charge is 2.23. The van der Waals surface area contributed by atoms with Crippen molar-refractivity contribution in [1.82, 2.24) is 4.98 Å². The Bertz CT molecular complexity index is 420. The molecule has 1 aromatic heterocycles. The number of ether oxygens (including phenoxy) is 1. The minimum Gasteiger partial charge on any atom is -0.465 e. The Morgan fingerprint density at radius 2 is 2.44 bits per heavy atom. The molecule has 4 heteroatoms. The zero-order chi connectivity index (χ0) is 13.0. The van der Waals surface area contributed by atoms with E-state index < -0.39 is 0 Å². The Kier molecular flexibility index (Phi) is 4.18. The van der Waals surface area contributed by atoms with Gasteiger partial charge in [-0.05, 0) is 30.9 Å². The van der Waals surface area contributed by atoms with Crippen molar-refractivity contribution >= 4 is 11.8 Å². The zero-order valence-electron chi connectivity index (χ0n) is 11.1. The maximum atomic E-state index is 11.5. The van der Waals surface area contributed by atoms with E-state index in [1.807, 2.05) is 6.07 Å². The van der Waals surface area contributed by atoms with Crippen LogP contribution in [-0.4, -0.2) is 31.2 Å². The molecule has 1 aliphatic rings. The first-order valence-corrected chi connectivity index (χ1v) is 6.54. The van der Waals surface area contributed by atoms with E-state index in [2.05, 4.69) is 16.8 Å². The Balaban J connectivity index is 2.08. The van der Waals surface area contributed by atoms with E-state index in [0.29, 0.717) is 5.56 Å². The summed E-state index contributed by atoms with van der Waals surface area (Å²) in [6.45, 7) is 4.30. The minimum absolute atomic E-state index is 0.303. The van der Waals surface area contributed by atoms with Crippen molar-refractivity contribution in [3.8, 4) is 0 Å². The SMILES string of the molecule is CCCC1CCN(c2cc(C(=O)OC)ccn2)C1. The van der Waals surface area contributed by atoms with Gasteiger partial charge in [-0.3, -0.25) is 0 Å². The molecule has 98 valence electrons. The van der Waals surface area contributed by atoms with Crippen LogP contribution >= 0.6 is 0 Å². The van der Waals surface area contributed by atoms with Crippen molar-refractivity contribution in [2.75, 3.05) is 25.1 Å². The number of carbonyl (C=O) groups is 1. The number of pyridine rings is 1. The maximum Gasteiger partial charge on any atom is 0.338 e. The number of hydrogen-bond acceptors (Lipinski definition) is 4. The van der Waals surface area contributed by atoms with E-state index in [-0.39, 0.29) is 5.97 Å². The highest BCUT2D eigenvalue weighted by atomic mass is 16.5. The zero-order valence-corrected chi connectivity index (χ0v) is 11.1. The maximum absolute atomic E-state index is 11.5. The predicted molar refractivity (Wildman–Crippen MR) is 70.8 cm³/mol. The fourth-order valence-electron chi connectivity index (χ4n) is 2.52. The molecular formula is C14H20N2O2. The van der Waals surface area contributed by atoms with Gasteiger partial charge in [-0.25, -0.2) is 9.78 Å². The minimum atomic E-state index is -0.303. The van der Waals surface area contributed by atoms with Gasteiger partial charge in [-0.2, -0.15) is 0 Å². The Morgan fingerprint density at radius 3 is 3.17 bits per heavy atom. The van der Waals surface area contributed by atoms with E-state index in [1.165, 1.54) is 26.4 Å². The Labute approximate surface area is 108 Å². The van der Waals surface area contributed by atoms with Crippen LogP contribution in [0.2, 0.25) is 0 Å². The number of rotatable bonds is 4. The van der Waals surface area contributed by atoms with Crippen LogP contribution in [0.25, 0.3) is 0 Å². The standard InChI is InChI=1S/C14H20N2O2/c1-3-4-11-6-8-16(10-11)13-9-12(5-7-15-13)14(17)18-2/h5,7,9,11H,3-4,6,8,10H2,1-2H3. The van der Waals surface area contributed by atoms with Crippen molar-refractivity contribution in [1.29, 1.82) is 0 Å². The molecule has 2 heterocycles. The summed E-state index contributed by atoms with van der Waals surface area (Å²) in [6, 6.07) is 3.51. The fraction of sp³-hybridized carbons (Fsp3) is 0.571. The number of anilines is 1. The summed E-state index contributed by atoms with van der Waals surface area (Å²) in [5, 5.41) is 0. The van der Waals surface area contributed by atoms with Gasteiger partial charge in [0.05, 0.1) is 12.7 Å². The van der Waals surface area contributed by atoms with Crippen LogP contribution in [-0.2, 0) is 4.74 Å². The third-order valence-electron chi connectivity index (χ3n) is 3.47. The number of nitrogens with zero attached hydrogens (tertiary/aromatic N) is 2. The smallest absolute Gasteiger partial charge is 0.338 e. The lowest BCUT2D eigenvalue weighted by Gasteiger charge is -2.17. The quantitative estimate of drug-likeness (QED) is 0.768. The highest BCUT2D eigenvalue weighted by Crippen LogP contribution is 2.25. The molecule has 2 rings (SSSR count). The molecule has 1 unspecified atom stereocenters. The van der Waals surface area contributed by atoms with E-state index in [9.17, 15) is 4.79 Å². The number of hydrogen-bond donors (Lipinski definition) is 0. The van der Waals surface area contributed by atoms with Crippen LogP contribution in [0.4, 0.5) is 5.82 Å². The molecule has 0 aromatic carbocycles. The fourth-order valence-corrected chi connectivity index (χ4v) is 2.52. The van der Waals surface area contributed by atoms with Gasteiger partial charge in [0.1, 0.15) is 5.82 Å². The van der Waals surface area contributed by atoms with Crippen LogP contribution in [0.1, 0.15) is 36.5 Å². The van der Waals surface area contributed by atoms with Crippen molar-refractivity contribution in [2.24, 2.45) is 5.92 Å². The molecule has 0 saturated carbocycles. The van der Waals surface area contributed by atoms with Crippen molar-refractivity contribution < 1.29 is 9.53 Å². The lowest BCUT2D eigenvalue weighted by molar-refractivity contribution is 0.0600. The third-order valence-corrected chi connectivity index (χ3v) is 3.47. The van der Waals surface area contributed by atoms with Crippen LogP contribution in [0, 0.1) is 5.92 Å². The Hall–Kier alpha value is -1.58. The molecule has 1 aromatic rings. The van der Waals surface area contributed by atoms with Gasteiger partial charge in [-0.15, -0.1) is 0 Å². The van der Waals surface area contributed by atoms with Crippen LogP contribution in [0.5, 0.6) is 0 Å². The largest absolute Gasteiger partial charge is 0.465 e. The molecular weight excluding hydrogens is 228 g/mol. The summed E-state index contributed by atoms with van der Waals surface area (Å²) in [5.74, 6) is 1.35. The molecule has 0 bridgehead atoms. The van der Waals surface area contributed by atoms with E-state index in [1.54, 1.807) is 12.3 Å². The predicted octanol–water partition coefficient (Wildman–Crippen LogP) is 2.49. The van der Waals surface area contributed by atoms with Crippen LogP contribution in [0.3, 0.4) is 0 Å². The molecule has 0 spiro atoms. The number of aromatic nitrogens is 1. The van der Waals surface area contributed by atoms with E-state index in [4.69, 9.17) is 4.74 Å². The van der Waals surface area contributed by atoms with Gasteiger partial charge in [0.2, 0.25) is 0 Å². The van der Waals surface area contributed by atoms with Gasteiger partial charge < -0.3 is 9.64 Å². The third kappa shape index (κ3) is 2.81. The van der Waals surface area contributed by atoms with Gasteiger partial charge in [-0.1, -0.05) is 13.3 Å². The van der Waals surface area contributed by atoms with Gasteiger partial charge in [0.25, 0.3) is 0 Å². The van der Waals surface area contributed by atoms with Crippen molar-refractivity contribution in [3.63, 3.8) is 0 Å². The molecule has 0 N–H and O–H groups in total. The van der Waals surface area contributed by atoms with Crippen LogP contribution in [0.15, 0.2) is 18.3 Å². The first kappa shape index (κ1) is 12.9. The summed E-state index contributed by atoms with van der Waals surface area (Å²) >= 11 is 0. The van der Waals surface area contributed by atoms with E-state index in [0.717, 1.165) is 24.8 Å². The molecule has 0 aliphatic carbocycles. The van der Waals surface area contributed by atoms with Crippen molar-refractivity contribution in [2.45, 2.75) is 26.2 Å². The highest BCUT2D eigenvalue weighted by molar-refractivity contribution is 5.90. The monoisotopic (exact) mass is 248 g/mol. The normalized spacial score (nSPS) is 19.0. The second kappa shape index (κ2) is 5.85. The second-order valence-electron chi connectivity index (χ2n) is 4.78. The molecule has 18 heavy (non-hydrogen) atoms. The summed E-state index contributed by atoms with van der Waals surface area (Å²) < 4.78 is 4.73. The van der Waals surface area contributed by atoms with E-state index >= 15 is 0 Å². The summed E-state index contributed by atoms with van der Waals surface area (Å²) in [7, 11) is 1.40. The van der Waals surface area contributed by atoms with Gasteiger partial charge in [0.15, 0.2) is 0 Å². The van der Waals surface area contributed by atoms with Gasteiger partial charge >= 0.3 is 5.97 Å². The molecule has 0 radical (unpaired) electrons. The molecule has 0 amide bonds. The molecule has 1 atom stereocenters. The molecule has 4 nitrogen and oxygen atoms in total. The lowest BCUT2D eigenvalue weighted by Crippen LogP contribution is -2.21. The lowest BCUT2D eigenvalue weighted by atomic mass is 10.0. The second-order valence-corrected chi connectivity index (χ2v) is 4.78. The number of carbonyl (C=O) groups excluding carboxylic acids is 1. The first-order valence-electron chi connectivity index (χ1n) is 6.54. The van der Waals surface area contributed by atoms with Crippen LogP contribution < -0.4 is 4.90 Å². The summed E-state index contributed by atoms with van der Waals surface area (Å²) in [4.78, 5) is 18.1. The number of esters is 1. The summed E-state index contributed by atoms with van der Waals surface area (Å²) in [6.07, 6.45) is 5.40. The average molecular weight is 248 g/mol. The average Bonchev–Trinajstić information content (AvgIpc) is 2.87. The van der Waals surface area contributed by atoms with Crippen molar-refractivity contribution in [3.05, 3.63) is 23.9 Å². The van der Waals surface area contributed by atoms with Gasteiger partial charge in [0, 0.05) is 19.3 Å².